The number of benzene rings is 1. The molecule has 0 aliphatic carbocycles. The molecule has 5 heteroatoms. The highest BCUT2D eigenvalue weighted by Crippen LogP contribution is 2.12. The molecule has 1 heterocycles. The molecule has 0 amide bonds. The van der Waals surface area contributed by atoms with E-state index in [1.54, 1.807) is 23.9 Å². The number of hydrogen-bond acceptors (Lipinski definition) is 3. The monoisotopic (exact) mass is 279 g/mol. The average Bonchev–Trinajstić information content (AvgIpc) is 2.65. The summed E-state index contributed by atoms with van der Waals surface area (Å²) >= 11 is 3.33. The minimum Gasteiger partial charge on any atom is -0.294 e. The van der Waals surface area contributed by atoms with Crippen molar-refractivity contribution in [1.29, 1.82) is 0 Å². The Hall–Kier alpha value is -1.49. The van der Waals surface area contributed by atoms with Crippen LogP contribution >= 0.6 is 15.9 Å². The number of carbonyl (C=O) groups is 1. The van der Waals surface area contributed by atoms with Crippen molar-refractivity contribution in [1.82, 2.24) is 14.8 Å². The van der Waals surface area contributed by atoms with Gasteiger partial charge >= 0.3 is 0 Å². The number of ketones is 1. The standard InChI is InChI=1S/C11H10BrN3O/c1-15-11(13-7-14-15)6-10(16)8-2-4-9(12)5-3-8/h2-5,7H,6H2,1H3. The van der Waals surface area contributed by atoms with Crippen LogP contribution in [0.2, 0.25) is 0 Å². The topological polar surface area (TPSA) is 47.8 Å². The molecule has 0 unspecified atom stereocenters. The quantitative estimate of drug-likeness (QED) is 0.808. The van der Waals surface area contributed by atoms with E-state index in [9.17, 15) is 4.79 Å². The Kier molecular flexibility index (Phi) is 3.14. The number of aromatic nitrogens is 3. The van der Waals surface area contributed by atoms with E-state index < -0.39 is 0 Å². The Bertz CT molecular complexity index is 504. The van der Waals surface area contributed by atoms with Gasteiger partial charge in [0.1, 0.15) is 12.2 Å². The van der Waals surface area contributed by atoms with Crippen LogP contribution in [-0.2, 0) is 13.5 Å². The van der Waals surface area contributed by atoms with Crippen LogP contribution < -0.4 is 0 Å². The fourth-order valence-electron chi connectivity index (χ4n) is 1.36. The highest BCUT2D eigenvalue weighted by molar-refractivity contribution is 9.10. The molecule has 0 saturated carbocycles. The number of nitrogens with zero attached hydrogens (tertiary/aromatic N) is 3. The van der Waals surface area contributed by atoms with Gasteiger partial charge in [0.05, 0.1) is 6.42 Å². The first-order valence-electron chi connectivity index (χ1n) is 4.78. The van der Waals surface area contributed by atoms with E-state index in [0.717, 1.165) is 4.47 Å². The second-order valence-electron chi connectivity index (χ2n) is 3.41. The molecule has 0 fully saturated rings. The van der Waals surface area contributed by atoms with Gasteiger partial charge in [-0.05, 0) is 12.1 Å². The van der Waals surface area contributed by atoms with Crippen LogP contribution in [0, 0.1) is 0 Å². The van der Waals surface area contributed by atoms with Gasteiger partial charge in [-0.1, -0.05) is 28.1 Å². The lowest BCUT2D eigenvalue weighted by atomic mass is 10.1. The molecule has 1 aromatic heterocycles. The zero-order valence-electron chi connectivity index (χ0n) is 8.72. The molecular weight excluding hydrogens is 270 g/mol. The van der Waals surface area contributed by atoms with E-state index in [0.29, 0.717) is 11.4 Å². The van der Waals surface area contributed by atoms with Crippen LogP contribution in [0.25, 0.3) is 0 Å². The first kappa shape index (κ1) is 11.0. The van der Waals surface area contributed by atoms with E-state index in [-0.39, 0.29) is 12.2 Å². The molecule has 0 N–H and O–H groups in total. The van der Waals surface area contributed by atoms with Crippen molar-refractivity contribution in [2.75, 3.05) is 0 Å². The first-order chi connectivity index (χ1) is 7.66. The van der Waals surface area contributed by atoms with Crippen molar-refractivity contribution in [3.8, 4) is 0 Å². The van der Waals surface area contributed by atoms with Gasteiger partial charge in [-0.2, -0.15) is 5.10 Å². The summed E-state index contributed by atoms with van der Waals surface area (Å²) in [5.41, 5.74) is 0.686. The SMILES string of the molecule is Cn1ncnc1CC(=O)c1ccc(Br)cc1. The predicted octanol–water partition coefficient (Wildman–Crippen LogP) is 2.00. The van der Waals surface area contributed by atoms with E-state index in [2.05, 4.69) is 26.0 Å². The molecule has 2 rings (SSSR count). The maximum atomic E-state index is 11.9. The summed E-state index contributed by atoms with van der Waals surface area (Å²) in [4.78, 5) is 15.9. The summed E-state index contributed by atoms with van der Waals surface area (Å²) in [6.07, 6.45) is 1.72. The fourth-order valence-corrected chi connectivity index (χ4v) is 1.63. The molecule has 0 bridgehead atoms. The lowest BCUT2D eigenvalue weighted by Gasteiger charge is -2.00. The third-order valence-corrected chi connectivity index (χ3v) is 2.82. The number of hydrogen-bond donors (Lipinski definition) is 0. The van der Waals surface area contributed by atoms with E-state index in [1.807, 2.05) is 12.1 Å². The van der Waals surface area contributed by atoms with Crippen LogP contribution in [-0.4, -0.2) is 20.5 Å². The third-order valence-electron chi connectivity index (χ3n) is 2.29. The Morgan fingerprint density at radius 3 is 2.62 bits per heavy atom. The summed E-state index contributed by atoms with van der Waals surface area (Å²) < 4.78 is 2.57. The number of Topliss-reactive ketones (excluding diaryl/α,β-unsaturated/α-hetero) is 1. The summed E-state index contributed by atoms with van der Waals surface area (Å²) in [7, 11) is 1.77. The Morgan fingerprint density at radius 2 is 2.06 bits per heavy atom. The fraction of sp³-hybridized carbons (Fsp3) is 0.182. The molecule has 0 spiro atoms. The lowest BCUT2D eigenvalue weighted by Crippen LogP contribution is -2.08. The maximum Gasteiger partial charge on any atom is 0.170 e. The minimum absolute atomic E-state index is 0.0450. The predicted molar refractivity (Wildman–Crippen MR) is 63.2 cm³/mol. The second-order valence-corrected chi connectivity index (χ2v) is 4.32. The molecule has 82 valence electrons. The summed E-state index contributed by atoms with van der Waals surface area (Å²) in [6.45, 7) is 0. The molecule has 16 heavy (non-hydrogen) atoms. The van der Waals surface area contributed by atoms with Crippen LogP contribution in [0.5, 0.6) is 0 Å². The molecule has 0 radical (unpaired) electrons. The van der Waals surface area contributed by atoms with Gasteiger partial charge in [0.2, 0.25) is 0 Å². The normalized spacial score (nSPS) is 10.4. The van der Waals surface area contributed by atoms with E-state index in [4.69, 9.17) is 0 Å². The maximum absolute atomic E-state index is 11.9. The Labute approximate surface area is 101 Å². The van der Waals surface area contributed by atoms with Gasteiger partial charge in [0.25, 0.3) is 0 Å². The van der Waals surface area contributed by atoms with Gasteiger partial charge in [0, 0.05) is 17.1 Å². The number of halogens is 1. The molecule has 0 aliphatic rings. The Morgan fingerprint density at radius 1 is 1.38 bits per heavy atom. The zero-order chi connectivity index (χ0) is 11.5. The smallest absolute Gasteiger partial charge is 0.170 e. The lowest BCUT2D eigenvalue weighted by molar-refractivity contribution is 0.0989. The van der Waals surface area contributed by atoms with Crippen LogP contribution in [0.3, 0.4) is 0 Å². The van der Waals surface area contributed by atoms with Crippen molar-refractivity contribution in [2.45, 2.75) is 6.42 Å². The van der Waals surface area contributed by atoms with Crippen LogP contribution in [0.15, 0.2) is 35.1 Å². The van der Waals surface area contributed by atoms with Crippen LogP contribution in [0.4, 0.5) is 0 Å². The van der Waals surface area contributed by atoms with E-state index >= 15 is 0 Å². The largest absolute Gasteiger partial charge is 0.294 e. The van der Waals surface area contributed by atoms with Gasteiger partial charge in [0.15, 0.2) is 5.78 Å². The molecular formula is C11H10BrN3O. The van der Waals surface area contributed by atoms with Gasteiger partial charge in [-0.25, -0.2) is 4.98 Å². The van der Waals surface area contributed by atoms with Crippen LogP contribution in [0.1, 0.15) is 16.2 Å². The molecule has 0 saturated heterocycles. The van der Waals surface area contributed by atoms with Crippen molar-refractivity contribution in [2.24, 2.45) is 7.05 Å². The number of carbonyl (C=O) groups excluding carboxylic acids is 1. The summed E-state index contributed by atoms with van der Waals surface area (Å²) in [5.74, 6) is 0.719. The second kappa shape index (κ2) is 4.57. The highest BCUT2D eigenvalue weighted by atomic mass is 79.9. The van der Waals surface area contributed by atoms with Gasteiger partial charge < -0.3 is 0 Å². The summed E-state index contributed by atoms with van der Waals surface area (Å²) in [5, 5.41) is 3.92. The Balaban J connectivity index is 2.15. The highest BCUT2D eigenvalue weighted by Gasteiger charge is 2.10. The third kappa shape index (κ3) is 2.36. The number of aryl methyl sites for hydroxylation is 1. The molecule has 2 aromatic rings. The van der Waals surface area contributed by atoms with Crippen molar-refractivity contribution in [3.05, 3.63) is 46.5 Å². The molecule has 4 nitrogen and oxygen atoms in total. The van der Waals surface area contributed by atoms with Gasteiger partial charge in [-0.3, -0.25) is 9.48 Å². The van der Waals surface area contributed by atoms with Crippen molar-refractivity contribution >= 4 is 21.7 Å². The number of rotatable bonds is 3. The van der Waals surface area contributed by atoms with Crippen molar-refractivity contribution in [3.63, 3.8) is 0 Å². The zero-order valence-corrected chi connectivity index (χ0v) is 10.3. The molecule has 0 aliphatic heterocycles. The summed E-state index contributed by atoms with van der Waals surface area (Å²) in [6, 6.07) is 7.29. The van der Waals surface area contributed by atoms with E-state index in [1.165, 1.54) is 6.33 Å². The molecule has 1 aromatic carbocycles. The first-order valence-corrected chi connectivity index (χ1v) is 5.58. The van der Waals surface area contributed by atoms with Gasteiger partial charge in [-0.15, -0.1) is 0 Å². The molecule has 0 atom stereocenters. The van der Waals surface area contributed by atoms with Crippen molar-refractivity contribution < 1.29 is 4.79 Å². The minimum atomic E-state index is 0.0450. The average molecular weight is 280 g/mol.